The molecular formula is C15H21N3O3S. The van der Waals surface area contributed by atoms with Crippen LogP contribution in [0.15, 0.2) is 22.0 Å². The van der Waals surface area contributed by atoms with Crippen LogP contribution in [0.1, 0.15) is 32.6 Å². The molecule has 0 spiro atoms. The number of aryl methyl sites for hydroxylation is 1. The molecule has 1 amide bonds. The summed E-state index contributed by atoms with van der Waals surface area (Å²) in [6.45, 7) is 4.31. The number of aliphatic hydroxyl groups excluding tert-OH is 1. The topological polar surface area (TPSA) is 88.2 Å². The maximum Gasteiger partial charge on any atom is 0.227 e. The Morgan fingerprint density at radius 3 is 3.00 bits per heavy atom. The van der Waals surface area contributed by atoms with Gasteiger partial charge >= 0.3 is 0 Å². The summed E-state index contributed by atoms with van der Waals surface area (Å²) in [6, 6.07) is 3.85. The van der Waals surface area contributed by atoms with Crippen molar-refractivity contribution in [2.24, 2.45) is 5.92 Å². The number of carbonyl (C=O) groups excluding carboxylic acids is 1. The Bertz CT molecular complexity index is 581. The van der Waals surface area contributed by atoms with Crippen LogP contribution in [0.2, 0.25) is 0 Å². The molecular weight excluding hydrogens is 302 g/mol. The van der Waals surface area contributed by atoms with E-state index in [4.69, 9.17) is 4.52 Å². The lowest BCUT2D eigenvalue weighted by atomic mass is 10.0. The third-order valence-corrected chi connectivity index (χ3v) is 4.03. The molecule has 2 unspecified atom stereocenters. The van der Waals surface area contributed by atoms with Gasteiger partial charge in [0.05, 0.1) is 11.0 Å². The third kappa shape index (κ3) is 5.23. The molecule has 0 aromatic carbocycles. The van der Waals surface area contributed by atoms with Gasteiger partial charge in [-0.05, 0) is 30.7 Å². The number of hydrogen-bond acceptors (Lipinski definition) is 6. The monoisotopic (exact) mass is 323 g/mol. The van der Waals surface area contributed by atoms with Crippen LogP contribution in [-0.2, 0) is 11.2 Å². The zero-order valence-corrected chi connectivity index (χ0v) is 13.6. The molecule has 2 atom stereocenters. The summed E-state index contributed by atoms with van der Waals surface area (Å²) in [4.78, 5) is 17.0. The Morgan fingerprint density at radius 2 is 2.32 bits per heavy atom. The second-order valence-corrected chi connectivity index (χ2v) is 6.43. The predicted molar refractivity (Wildman–Crippen MR) is 84.4 cm³/mol. The number of rotatable bonds is 8. The zero-order chi connectivity index (χ0) is 15.9. The molecule has 0 aliphatic heterocycles. The van der Waals surface area contributed by atoms with E-state index in [0.29, 0.717) is 37.5 Å². The highest BCUT2D eigenvalue weighted by Crippen LogP contribution is 2.21. The van der Waals surface area contributed by atoms with Gasteiger partial charge in [-0.1, -0.05) is 18.1 Å². The molecule has 2 N–H and O–H groups in total. The minimum absolute atomic E-state index is 0.0479. The summed E-state index contributed by atoms with van der Waals surface area (Å²) in [5, 5.41) is 18.0. The predicted octanol–water partition coefficient (Wildman–Crippen LogP) is 2.25. The van der Waals surface area contributed by atoms with Gasteiger partial charge in [-0.2, -0.15) is 4.98 Å². The SMILES string of the molecule is CC(O)CC(C)CNC(=O)CCc1nc(-c2cccs2)no1. The van der Waals surface area contributed by atoms with E-state index in [2.05, 4.69) is 15.5 Å². The van der Waals surface area contributed by atoms with E-state index in [1.54, 1.807) is 18.3 Å². The molecule has 2 aromatic rings. The average Bonchev–Trinajstić information content (AvgIpc) is 3.12. The quantitative estimate of drug-likeness (QED) is 0.778. The Balaban J connectivity index is 1.72. The van der Waals surface area contributed by atoms with Crippen molar-refractivity contribution in [2.45, 2.75) is 39.2 Å². The van der Waals surface area contributed by atoms with Crippen LogP contribution in [0.4, 0.5) is 0 Å². The van der Waals surface area contributed by atoms with E-state index in [9.17, 15) is 9.90 Å². The second-order valence-electron chi connectivity index (χ2n) is 5.48. The van der Waals surface area contributed by atoms with E-state index in [-0.39, 0.29) is 17.9 Å². The molecule has 0 bridgehead atoms. The fourth-order valence-electron chi connectivity index (χ4n) is 2.12. The Morgan fingerprint density at radius 1 is 1.50 bits per heavy atom. The molecule has 7 heteroatoms. The first-order chi connectivity index (χ1) is 10.5. The first kappa shape index (κ1) is 16.6. The Labute approximate surface area is 133 Å². The van der Waals surface area contributed by atoms with Gasteiger partial charge in [0.2, 0.25) is 17.6 Å². The molecule has 2 heterocycles. The van der Waals surface area contributed by atoms with Gasteiger partial charge in [-0.3, -0.25) is 4.79 Å². The molecule has 0 saturated heterocycles. The fraction of sp³-hybridized carbons (Fsp3) is 0.533. The first-order valence-electron chi connectivity index (χ1n) is 7.36. The molecule has 120 valence electrons. The van der Waals surface area contributed by atoms with Crippen molar-refractivity contribution in [3.05, 3.63) is 23.4 Å². The second kappa shape index (κ2) is 8.05. The van der Waals surface area contributed by atoms with Gasteiger partial charge in [0, 0.05) is 19.4 Å². The molecule has 0 saturated carbocycles. The summed E-state index contributed by atoms with van der Waals surface area (Å²) in [6.07, 6.45) is 1.07. The maximum atomic E-state index is 11.8. The highest BCUT2D eigenvalue weighted by Gasteiger charge is 2.12. The van der Waals surface area contributed by atoms with Crippen LogP contribution in [0.25, 0.3) is 10.7 Å². The summed E-state index contributed by atoms with van der Waals surface area (Å²) in [5.41, 5.74) is 0. The fourth-order valence-corrected chi connectivity index (χ4v) is 2.77. The number of nitrogens with one attached hydrogen (secondary N) is 1. The third-order valence-electron chi connectivity index (χ3n) is 3.17. The highest BCUT2D eigenvalue weighted by molar-refractivity contribution is 7.13. The number of hydrogen-bond donors (Lipinski definition) is 2. The van der Waals surface area contributed by atoms with Crippen molar-refractivity contribution in [2.75, 3.05) is 6.54 Å². The van der Waals surface area contributed by atoms with Gasteiger partial charge in [0.15, 0.2) is 0 Å². The largest absolute Gasteiger partial charge is 0.393 e. The Kier molecular flexibility index (Phi) is 6.09. The summed E-state index contributed by atoms with van der Waals surface area (Å²) >= 11 is 1.55. The average molecular weight is 323 g/mol. The van der Waals surface area contributed by atoms with Gasteiger partial charge < -0.3 is 14.9 Å². The van der Waals surface area contributed by atoms with E-state index in [0.717, 1.165) is 4.88 Å². The van der Waals surface area contributed by atoms with Gasteiger partial charge in [0.1, 0.15) is 0 Å². The van der Waals surface area contributed by atoms with Crippen LogP contribution in [0, 0.1) is 5.92 Å². The number of aliphatic hydroxyl groups is 1. The van der Waals surface area contributed by atoms with Crippen molar-refractivity contribution >= 4 is 17.2 Å². The molecule has 0 aliphatic carbocycles. The van der Waals surface area contributed by atoms with E-state index in [1.807, 2.05) is 24.4 Å². The summed E-state index contributed by atoms with van der Waals surface area (Å²) in [5.74, 6) is 1.23. The molecule has 0 fully saturated rings. The van der Waals surface area contributed by atoms with Crippen molar-refractivity contribution in [1.29, 1.82) is 0 Å². The lowest BCUT2D eigenvalue weighted by Gasteiger charge is -2.13. The van der Waals surface area contributed by atoms with Crippen LogP contribution in [0.5, 0.6) is 0 Å². The minimum Gasteiger partial charge on any atom is -0.393 e. The standard InChI is InChI=1S/C15H21N3O3S/c1-10(8-11(2)19)9-16-13(20)5-6-14-17-15(18-21-14)12-4-3-7-22-12/h3-4,7,10-11,19H,5-6,8-9H2,1-2H3,(H,16,20). The van der Waals surface area contributed by atoms with Crippen molar-refractivity contribution < 1.29 is 14.4 Å². The molecule has 6 nitrogen and oxygen atoms in total. The normalized spacial score (nSPS) is 13.8. The van der Waals surface area contributed by atoms with Crippen LogP contribution in [-0.4, -0.2) is 33.8 Å². The summed E-state index contributed by atoms with van der Waals surface area (Å²) in [7, 11) is 0. The Hall–Kier alpha value is -1.73. The lowest BCUT2D eigenvalue weighted by molar-refractivity contribution is -0.121. The molecule has 0 aliphatic rings. The number of amides is 1. The van der Waals surface area contributed by atoms with Crippen LogP contribution >= 0.6 is 11.3 Å². The smallest absolute Gasteiger partial charge is 0.227 e. The summed E-state index contributed by atoms with van der Waals surface area (Å²) < 4.78 is 5.15. The molecule has 2 rings (SSSR count). The van der Waals surface area contributed by atoms with Crippen molar-refractivity contribution in [3.8, 4) is 10.7 Å². The molecule has 0 radical (unpaired) electrons. The van der Waals surface area contributed by atoms with Crippen molar-refractivity contribution in [1.82, 2.24) is 15.5 Å². The highest BCUT2D eigenvalue weighted by atomic mass is 32.1. The van der Waals surface area contributed by atoms with E-state index < -0.39 is 0 Å². The van der Waals surface area contributed by atoms with Gasteiger partial charge in [-0.15, -0.1) is 11.3 Å². The van der Waals surface area contributed by atoms with Crippen molar-refractivity contribution in [3.63, 3.8) is 0 Å². The van der Waals surface area contributed by atoms with Crippen LogP contribution < -0.4 is 5.32 Å². The zero-order valence-electron chi connectivity index (χ0n) is 12.8. The van der Waals surface area contributed by atoms with Crippen LogP contribution in [0.3, 0.4) is 0 Å². The van der Waals surface area contributed by atoms with Gasteiger partial charge in [0.25, 0.3) is 0 Å². The maximum absolute atomic E-state index is 11.8. The first-order valence-corrected chi connectivity index (χ1v) is 8.23. The lowest BCUT2D eigenvalue weighted by Crippen LogP contribution is -2.29. The number of carbonyl (C=O) groups is 1. The van der Waals surface area contributed by atoms with E-state index >= 15 is 0 Å². The number of thiophene rings is 1. The number of nitrogens with zero attached hydrogens (tertiary/aromatic N) is 2. The molecule has 22 heavy (non-hydrogen) atoms. The minimum atomic E-state index is -0.346. The molecule has 2 aromatic heterocycles. The van der Waals surface area contributed by atoms with E-state index in [1.165, 1.54) is 0 Å². The van der Waals surface area contributed by atoms with Gasteiger partial charge in [-0.25, -0.2) is 0 Å². The number of aromatic nitrogens is 2.